The molecule has 0 atom stereocenters. The molecule has 0 aliphatic carbocycles. The maximum atomic E-state index is 5.30. The van der Waals surface area contributed by atoms with Gasteiger partial charge in [-0.25, -0.2) is 0 Å². The summed E-state index contributed by atoms with van der Waals surface area (Å²) in [6.07, 6.45) is 0. The SMILES string of the molecule is COc1ccccc1Cn1nc(Br)cc1Br. The second-order valence-electron chi connectivity index (χ2n) is 3.26. The minimum Gasteiger partial charge on any atom is -0.496 e. The van der Waals surface area contributed by atoms with E-state index in [4.69, 9.17) is 4.74 Å². The Morgan fingerprint density at radius 1 is 1.31 bits per heavy atom. The Morgan fingerprint density at radius 3 is 2.69 bits per heavy atom. The summed E-state index contributed by atoms with van der Waals surface area (Å²) in [5.41, 5.74) is 1.10. The van der Waals surface area contributed by atoms with Gasteiger partial charge in [0.1, 0.15) is 15.0 Å². The number of benzene rings is 1. The molecule has 3 nitrogen and oxygen atoms in total. The predicted molar refractivity (Wildman–Crippen MR) is 69.7 cm³/mol. The van der Waals surface area contributed by atoms with Crippen LogP contribution in [0.1, 0.15) is 5.56 Å². The zero-order valence-electron chi connectivity index (χ0n) is 8.65. The molecule has 0 aliphatic heterocycles. The highest BCUT2D eigenvalue weighted by Crippen LogP contribution is 2.22. The van der Waals surface area contributed by atoms with Gasteiger partial charge in [-0.15, -0.1) is 0 Å². The van der Waals surface area contributed by atoms with E-state index in [-0.39, 0.29) is 0 Å². The average Bonchev–Trinajstić information content (AvgIpc) is 2.58. The first-order valence-corrected chi connectivity index (χ1v) is 6.30. The van der Waals surface area contributed by atoms with Crippen molar-refractivity contribution in [1.29, 1.82) is 0 Å². The van der Waals surface area contributed by atoms with Gasteiger partial charge in [0.25, 0.3) is 0 Å². The van der Waals surface area contributed by atoms with E-state index in [1.165, 1.54) is 0 Å². The Balaban J connectivity index is 2.30. The van der Waals surface area contributed by atoms with Gasteiger partial charge in [0.2, 0.25) is 0 Å². The highest BCUT2D eigenvalue weighted by molar-refractivity contribution is 9.11. The van der Waals surface area contributed by atoms with Crippen molar-refractivity contribution in [3.63, 3.8) is 0 Å². The first-order valence-electron chi connectivity index (χ1n) is 4.71. The molecular formula is C11H10Br2N2O. The fourth-order valence-electron chi connectivity index (χ4n) is 1.47. The molecule has 0 aliphatic rings. The van der Waals surface area contributed by atoms with Crippen molar-refractivity contribution >= 4 is 31.9 Å². The molecule has 0 unspecified atom stereocenters. The van der Waals surface area contributed by atoms with E-state index in [0.29, 0.717) is 6.54 Å². The predicted octanol–water partition coefficient (Wildman–Crippen LogP) is 3.47. The van der Waals surface area contributed by atoms with Gasteiger partial charge in [-0.3, -0.25) is 4.68 Å². The van der Waals surface area contributed by atoms with Crippen molar-refractivity contribution < 1.29 is 4.74 Å². The molecule has 0 spiro atoms. The fourth-order valence-corrected chi connectivity index (χ4v) is 2.61. The van der Waals surface area contributed by atoms with Gasteiger partial charge in [0.15, 0.2) is 0 Å². The third kappa shape index (κ3) is 2.47. The van der Waals surface area contributed by atoms with E-state index in [9.17, 15) is 0 Å². The summed E-state index contributed by atoms with van der Waals surface area (Å²) in [5.74, 6) is 0.876. The molecule has 1 aromatic carbocycles. The lowest BCUT2D eigenvalue weighted by molar-refractivity contribution is 0.407. The molecule has 16 heavy (non-hydrogen) atoms. The molecule has 1 heterocycles. The van der Waals surface area contributed by atoms with E-state index < -0.39 is 0 Å². The molecule has 0 fully saturated rings. The Kier molecular flexibility index (Phi) is 3.66. The number of aromatic nitrogens is 2. The lowest BCUT2D eigenvalue weighted by Crippen LogP contribution is -2.03. The van der Waals surface area contributed by atoms with Gasteiger partial charge in [-0.05, 0) is 37.9 Å². The molecule has 0 N–H and O–H groups in total. The minimum absolute atomic E-state index is 0.677. The van der Waals surface area contributed by atoms with Gasteiger partial charge in [0.05, 0.1) is 13.7 Å². The van der Waals surface area contributed by atoms with Crippen LogP contribution in [0.5, 0.6) is 5.75 Å². The lowest BCUT2D eigenvalue weighted by Gasteiger charge is -2.08. The molecule has 0 saturated carbocycles. The monoisotopic (exact) mass is 344 g/mol. The zero-order chi connectivity index (χ0) is 11.5. The third-order valence-corrected chi connectivity index (χ3v) is 3.24. The lowest BCUT2D eigenvalue weighted by atomic mass is 10.2. The summed E-state index contributed by atoms with van der Waals surface area (Å²) in [5, 5.41) is 4.31. The van der Waals surface area contributed by atoms with Crippen LogP contribution in [0.2, 0.25) is 0 Å². The number of hydrogen-bond acceptors (Lipinski definition) is 2. The van der Waals surface area contributed by atoms with Crippen LogP contribution >= 0.6 is 31.9 Å². The van der Waals surface area contributed by atoms with Crippen LogP contribution < -0.4 is 4.74 Å². The maximum Gasteiger partial charge on any atom is 0.129 e. The number of para-hydroxylation sites is 1. The molecule has 0 radical (unpaired) electrons. The Hall–Kier alpha value is -0.810. The van der Waals surface area contributed by atoms with Crippen molar-refractivity contribution in [3.05, 3.63) is 45.1 Å². The summed E-state index contributed by atoms with van der Waals surface area (Å²) in [6, 6.07) is 9.83. The quantitative estimate of drug-likeness (QED) is 0.851. The van der Waals surface area contributed by atoms with E-state index in [0.717, 1.165) is 20.5 Å². The first-order chi connectivity index (χ1) is 7.70. The molecule has 0 saturated heterocycles. The topological polar surface area (TPSA) is 27.1 Å². The molecule has 84 valence electrons. The number of methoxy groups -OCH3 is 1. The van der Waals surface area contributed by atoms with E-state index in [1.54, 1.807) is 7.11 Å². The van der Waals surface area contributed by atoms with Crippen molar-refractivity contribution in [2.24, 2.45) is 0 Å². The molecule has 1 aromatic heterocycles. The van der Waals surface area contributed by atoms with Gasteiger partial charge in [-0.2, -0.15) is 5.10 Å². The van der Waals surface area contributed by atoms with Crippen LogP contribution in [0.4, 0.5) is 0 Å². The van der Waals surface area contributed by atoms with Gasteiger partial charge in [-0.1, -0.05) is 18.2 Å². The smallest absolute Gasteiger partial charge is 0.129 e. The Bertz CT molecular complexity index is 496. The number of ether oxygens (including phenoxy) is 1. The van der Waals surface area contributed by atoms with E-state index >= 15 is 0 Å². The summed E-state index contributed by atoms with van der Waals surface area (Å²) in [6.45, 7) is 0.677. The molecular weight excluding hydrogens is 336 g/mol. The van der Waals surface area contributed by atoms with Crippen molar-refractivity contribution in [3.8, 4) is 5.75 Å². The van der Waals surface area contributed by atoms with Crippen LogP contribution in [-0.4, -0.2) is 16.9 Å². The molecule has 2 rings (SSSR count). The Morgan fingerprint density at radius 2 is 2.06 bits per heavy atom. The fraction of sp³-hybridized carbons (Fsp3) is 0.182. The van der Waals surface area contributed by atoms with Crippen LogP contribution in [0.25, 0.3) is 0 Å². The van der Waals surface area contributed by atoms with Crippen LogP contribution in [0.3, 0.4) is 0 Å². The van der Waals surface area contributed by atoms with Gasteiger partial charge < -0.3 is 4.74 Å². The van der Waals surface area contributed by atoms with E-state index in [2.05, 4.69) is 37.0 Å². The van der Waals surface area contributed by atoms with Gasteiger partial charge in [0, 0.05) is 11.6 Å². The molecule has 0 amide bonds. The first kappa shape index (κ1) is 11.7. The maximum absolute atomic E-state index is 5.30. The molecule has 0 bridgehead atoms. The standard InChI is InChI=1S/C11H10Br2N2O/c1-16-9-5-3-2-4-8(9)7-15-11(13)6-10(12)14-15/h2-6H,7H2,1H3. The summed E-state index contributed by atoms with van der Waals surface area (Å²) >= 11 is 6.79. The normalized spacial score (nSPS) is 10.4. The van der Waals surface area contributed by atoms with Gasteiger partial charge >= 0.3 is 0 Å². The molecule has 2 aromatic rings. The number of rotatable bonds is 3. The summed E-state index contributed by atoms with van der Waals surface area (Å²) in [7, 11) is 1.67. The van der Waals surface area contributed by atoms with Crippen LogP contribution in [0.15, 0.2) is 39.5 Å². The number of hydrogen-bond donors (Lipinski definition) is 0. The van der Waals surface area contributed by atoms with Crippen LogP contribution in [-0.2, 0) is 6.54 Å². The average molecular weight is 346 g/mol. The van der Waals surface area contributed by atoms with Crippen LogP contribution in [0, 0.1) is 0 Å². The Labute approximate surface area is 111 Å². The third-order valence-electron chi connectivity index (χ3n) is 2.21. The zero-order valence-corrected chi connectivity index (χ0v) is 11.8. The molecule has 5 heteroatoms. The second-order valence-corrected chi connectivity index (χ2v) is 4.88. The van der Waals surface area contributed by atoms with Crippen molar-refractivity contribution in [1.82, 2.24) is 9.78 Å². The highest BCUT2D eigenvalue weighted by Gasteiger charge is 2.07. The summed E-state index contributed by atoms with van der Waals surface area (Å²) in [4.78, 5) is 0. The number of halogens is 2. The minimum atomic E-state index is 0.677. The van der Waals surface area contributed by atoms with Crippen molar-refractivity contribution in [2.45, 2.75) is 6.54 Å². The van der Waals surface area contributed by atoms with E-state index in [1.807, 2.05) is 35.0 Å². The largest absolute Gasteiger partial charge is 0.496 e. The highest BCUT2D eigenvalue weighted by atomic mass is 79.9. The summed E-state index contributed by atoms with van der Waals surface area (Å²) < 4.78 is 8.91. The van der Waals surface area contributed by atoms with Crippen molar-refractivity contribution in [2.75, 3.05) is 7.11 Å². The number of nitrogens with zero attached hydrogens (tertiary/aromatic N) is 2. The second kappa shape index (κ2) is 5.01.